The van der Waals surface area contributed by atoms with Crippen molar-refractivity contribution in [1.82, 2.24) is 14.6 Å². The molecule has 0 fully saturated rings. The molecule has 80 valence electrons. The fourth-order valence-electron chi connectivity index (χ4n) is 1.64. The second-order valence-electron chi connectivity index (χ2n) is 3.53. The van der Waals surface area contributed by atoms with E-state index in [9.17, 15) is 0 Å². The minimum Gasteiger partial charge on any atom is -0.469 e. The zero-order valence-corrected chi connectivity index (χ0v) is 8.50. The van der Waals surface area contributed by atoms with Gasteiger partial charge in [-0.25, -0.2) is 4.98 Å². The zero-order valence-electron chi connectivity index (χ0n) is 8.50. The molecule has 0 aliphatic heterocycles. The first-order chi connectivity index (χ1) is 7.83. The number of hydrogen-bond acceptors (Lipinski definition) is 4. The fraction of sp³-hybridized carbons (Fsp3) is 0.0909. The molecule has 2 N–H and O–H groups in total. The molecule has 3 aromatic heterocycles. The molecule has 0 aliphatic carbocycles. The number of hydrogen-bond donors (Lipinski definition) is 1. The normalized spacial score (nSPS) is 11.0. The predicted octanol–water partition coefficient (Wildman–Crippen LogP) is 1.50. The van der Waals surface area contributed by atoms with E-state index in [-0.39, 0.29) is 0 Å². The number of aromatic nitrogens is 3. The molecule has 0 bridgehead atoms. The van der Waals surface area contributed by atoms with Gasteiger partial charge in [-0.3, -0.25) is 0 Å². The second kappa shape index (κ2) is 3.37. The molecule has 5 nitrogen and oxygen atoms in total. The van der Waals surface area contributed by atoms with Crippen LogP contribution in [0.5, 0.6) is 0 Å². The van der Waals surface area contributed by atoms with Crippen molar-refractivity contribution in [3.8, 4) is 0 Å². The number of rotatable bonds is 2. The molecular weight excluding hydrogens is 204 g/mol. The van der Waals surface area contributed by atoms with E-state index >= 15 is 0 Å². The van der Waals surface area contributed by atoms with Gasteiger partial charge in [-0.1, -0.05) is 0 Å². The standard InChI is InChI=1S/C11H10N4O/c12-10-3-4-13-11-7-8(14-15(10)11)6-9-2-1-5-16-9/h1-5,7H,6,12H2. The summed E-state index contributed by atoms with van der Waals surface area (Å²) < 4.78 is 6.89. The van der Waals surface area contributed by atoms with Crippen molar-refractivity contribution >= 4 is 11.5 Å². The molecule has 0 unspecified atom stereocenters. The average Bonchev–Trinajstić information content (AvgIpc) is 2.88. The first kappa shape index (κ1) is 8.96. The molecule has 0 spiro atoms. The van der Waals surface area contributed by atoms with Crippen molar-refractivity contribution in [3.05, 3.63) is 48.2 Å². The van der Waals surface area contributed by atoms with E-state index in [1.54, 1.807) is 23.0 Å². The van der Waals surface area contributed by atoms with E-state index in [1.807, 2.05) is 18.2 Å². The van der Waals surface area contributed by atoms with Crippen LogP contribution >= 0.6 is 0 Å². The maximum absolute atomic E-state index is 5.78. The zero-order chi connectivity index (χ0) is 11.0. The minimum absolute atomic E-state index is 0.579. The molecule has 0 saturated carbocycles. The lowest BCUT2D eigenvalue weighted by molar-refractivity contribution is 0.518. The summed E-state index contributed by atoms with van der Waals surface area (Å²) in [5, 5.41) is 4.36. The topological polar surface area (TPSA) is 69.3 Å². The lowest BCUT2D eigenvalue weighted by Crippen LogP contribution is -1.99. The van der Waals surface area contributed by atoms with Gasteiger partial charge in [0.05, 0.1) is 18.4 Å². The predicted molar refractivity (Wildman–Crippen MR) is 58.9 cm³/mol. The summed E-state index contributed by atoms with van der Waals surface area (Å²) >= 11 is 0. The maximum atomic E-state index is 5.78. The lowest BCUT2D eigenvalue weighted by atomic mass is 10.2. The number of fused-ring (bicyclic) bond motifs is 1. The Kier molecular flexibility index (Phi) is 1.89. The summed E-state index contributed by atoms with van der Waals surface area (Å²) in [6.45, 7) is 0. The van der Waals surface area contributed by atoms with Crippen molar-refractivity contribution in [2.24, 2.45) is 0 Å². The molecule has 3 rings (SSSR count). The van der Waals surface area contributed by atoms with E-state index in [0.29, 0.717) is 12.2 Å². The van der Waals surface area contributed by atoms with Crippen LogP contribution in [0.1, 0.15) is 11.5 Å². The molecule has 3 heterocycles. The Morgan fingerprint density at radius 2 is 2.31 bits per heavy atom. The molecule has 16 heavy (non-hydrogen) atoms. The highest BCUT2D eigenvalue weighted by molar-refractivity contribution is 5.46. The first-order valence-corrected chi connectivity index (χ1v) is 4.94. The van der Waals surface area contributed by atoms with Crippen LogP contribution in [0.3, 0.4) is 0 Å². The van der Waals surface area contributed by atoms with Crippen LogP contribution < -0.4 is 5.73 Å². The number of nitrogens with two attached hydrogens (primary N) is 1. The Bertz CT molecular complexity index is 612. The average molecular weight is 214 g/mol. The van der Waals surface area contributed by atoms with Crippen molar-refractivity contribution in [3.63, 3.8) is 0 Å². The quantitative estimate of drug-likeness (QED) is 0.701. The molecule has 0 amide bonds. The number of nitrogen functional groups attached to an aromatic ring is 1. The summed E-state index contributed by atoms with van der Waals surface area (Å²) in [6.07, 6.45) is 3.97. The van der Waals surface area contributed by atoms with Crippen molar-refractivity contribution in [2.45, 2.75) is 6.42 Å². The molecule has 0 aliphatic rings. The summed E-state index contributed by atoms with van der Waals surface area (Å²) in [6, 6.07) is 7.40. The molecular formula is C11H10N4O. The van der Waals surface area contributed by atoms with E-state index in [1.165, 1.54) is 0 Å². The third kappa shape index (κ3) is 1.42. The lowest BCUT2D eigenvalue weighted by Gasteiger charge is -1.95. The molecule has 0 radical (unpaired) electrons. The molecule has 0 atom stereocenters. The van der Waals surface area contributed by atoms with Crippen LogP contribution in [0.2, 0.25) is 0 Å². The Morgan fingerprint density at radius 1 is 1.38 bits per heavy atom. The highest BCUT2D eigenvalue weighted by Gasteiger charge is 2.06. The van der Waals surface area contributed by atoms with Gasteiger partial charge in [0.1, 0.15) is 11.6 Å². The van der Waals surface area contributed by atoms with Gasteiger partial charge in [-0.15, -0.1) is 0 Å². The molecule has 0 saturated heterocycles. The second-order valence-corrected chi connectivity index (χ2v) is 3.53. The number of furan rings is 1. The highest BCUT2D eigenvalue weighted by Crippen LogP contribution is 2.12. The fourth-order valence-corrected chi connectivity index (χ4v) is 1.64. The van der Waals surface area contributed by atoms with Gasteiger partial charge in [-0.2, -0.15) is 9.61 Å². The van der Waals surface area contributed by atoms with Crippen molar-refractivity contribution in [1.29, 1.82) is 0 Å². The third-order valence-electron chi connectivity index (χ3n) is 2.37. The van der Waals surface area contributed by atoms with Crippen LogP contribution in [0.15, 0.2) is 41.1 Å². The van der Waals surface area contributed by atoms with Gasteiger partial charge in [0.2, 0.25) is 0 Å². The SMILES string of the molecule is Nc1ccnc2cc(Cc3ccco3)nn12. The third-order valence-corrected chi connectivity index (χ3v) is 2.37. The van der Waals surface area contributed by atoms with Crippen LogP contribution in [-0.2, 0) is 6.42 Å². The molecule has 0 aromatic carbocycles. The Labute approximate surface area is 91.5 Å². The maximum Gasteiger partial charge on any atom is 0.157 e. The number of nitrogens with zero attached hydrogens (tertiary/aromatic N) is 3. The number of anilines is 1. The van der Waals surface area contributed by atoms with E-state index < -0.39 is 0 Å². The van der Waals surface area contributed by atoms with Gasteiger partial charge < -0.3 is 10.2 Å². The Balaban J connectivity index is 2.02. The Morgan fingerprint density at radius 3 is 3.06 bits per heavy atom. The van der Waals surface area contributed by atoms with Crippen LogP contribution in [-0.4, -0.2) is 14.6 Å². The monoisotopic (exact) mass is 214 g/mol. The Hall–Kier alpha value is -2.30. The summed E-state index contributed by atoms with van der Waals surface area (Å²) in [5.74, 6) is 1.46. The van der Waals surface area contributed by atoms with Gasteiger partial charge in [0, 0.05) is 12.3 Å². The van der Waals surface area contributed by atoms with E-state index in [4.69, 9.17) is 10.2 Å². The van der Waals surface area contributed by atoms with E-state index in [0.717, 1.165) is 17.1 Å². The minimum atomic E-state index is 0.579. The summed E-state index contributed by atoms with van der Waals surface area (Å²) in [4.78, 5) is 4.18. The molecule has 3 aromatic rings. The largest absolute Gasteiger partial charge is 0.469 e. The summed E-state index contributed by atoms with van der Waals surface area (Å²) in [5.41, 5.74) is 7.42. The van der Waals surface area contributed by atoms with Crippen molar-refractivity contribution < 1.29 is 4.42 Å². The summed E-state index contributed by atoms with van der Waals surface area (Å²) in [7, 11) is 0. The van der Waals surface area contributed by atoms with Crippen LogP contribution in [0.4, 0.5) is 5.82 Å². The van der Waals surface area contributed by atoms with E-state index in [2.05, 4.69) is 10.1 Å². The van der Waals surface area contributed by atoms with Crippen LogP contribution in [0, 0.1) is 0 Å². The van der Waals surface area contributed by atoms with Gasteiger partial charge in [0.15, 0.2) is 5.65 Å². The van der Waals surface area contributed by atoms with Gasteiger partial charge in [0.25, 0.3) is 0 Å². The van der Waals surface area contributed by atoms with Crippen molar-refractivity contribution in [2.75, 3.05) is 5.73 Å². The van der Waals surface area contributed by atoms with Gasteiger partial charge >= 0.3 is 0 Å². The van der Waals surface area contributed by atoms with Crippen LogP contribution in [0.25, 0.3) is 5.65 Å². The smallest absolute Gasteiger partial charge is 0.157 e. The molecule has 5 heteroatoms. The van der Waals surface area contributed by atoms with Gasteiger partial charge in [-0.05, 0) is 18.2 Å². The first-order valence-electron chi connectivity index (χ1n) is 4.94. The highest BCUT2D eigenvalue weighted by atomic mass is 16.3.